The minimum absolute atomic E-state index is 0.128. The van der Waals surface area contributed by atoms with Gasteiger partial charge in [-0.1, -0.05) is 42.1 Å². The molecule has 27 heavy (non-hydrogen) atoms. The summed E-state index contributed by atoms with van der Waals surface area (Å²) in [5, 5.41) is 9.10. The van der Waals surface area contributed by atoms with Crippen LogP contribution in [0.2, 0.25) is 0 Å². The van der Waals surface area contributed by atoms with Crippen LogP contribution < -0.4 is 0 Å². The van der Waals surface area contributed by atoms with Gasteiger partial charge >= 0.3 is 5.97 Å². The van der Waals surface area contributed by atoms with E-state index in [-0.39, 0.29) is 23.6 Å². The Balaban J connectivity index is 1.88. The average molecular weight is 385 g/mol. The molecule has 140 valence electrons. The van der Waals surface area contributed by atoms with Crippen LogP contribution in [0.15, 0.2) is 59.8 Å². The average Bonchev–Trinajstić information content (AvgIpc) is 3.03. The van der Waals surface area contributed by atoms with Gasteiger partial charge in [-0.05, 0) is 43.7 Å². The second-order valence-electron chi connectivity index (χ2n) is 6.20. The Labute approximate surface area is 161 Å². The smallest absolute Gasteiger partial charge is 0.316 e. The number of esters is 1. The lowest BCUT2D eigenvalue weighted by atomic mass is 10.1. The zero-order valence-electron chi connectivity index (χ0n) is 15.1. The van der Waals surface area contributed by atoms with E-state index in [0.717, 1.165) is 11.3 Å². The Kier molecular flexibility index (Phi) is 6.24. The van der Waals surface area contributed by atoms with Gasteiger partial charge in [-0.25, -0.2) is 4.39 Å². The maximum absolute atomic E-state index is 13.3. The molecule has 0 fully saturated rings. The lowest BCUT2D eigenvalue weighted by molar-refractivity contribution is -0.144. The summed E-state index contributed by atoms with van der Waals surface area (Å²) in [6.45, 7) is 3.61. The number of aromatic nitrogens is 3. The van der Waals surface area contributed by atoms with E-state index in [0.29, 0.717) is 17.4 Å². The third-order valence-corrected chi connectivity index (χ3v) is 4.58. The molecule has 1 heterocycles. The minimum atomic E-state index is -0.314. The van der Waals surface area contributed by atoms with Crippen LogP contribution in [0.25, 0.3) is 5.69 Å². The Morgan fingerprint density at radius 3 is 2.48 bits per heavy atom. The minimum Gasteiger partial charge on any atom is -0.462 e. The van der Waals surface area contributed by atoms with E-state index in [1.54, 1.807) is 12.1 Å². The first-order valence-corrected chi connectivity index (χ1v) is 9.58. The maximum Gasteiger partial charge on any atom is 0.316 e. The SMILES string of the molecule is CC(C)OC(=O)CSc1nnc(Cc2ccccc2)n1-c1ccc(F)cc1. The Morgan fingerprint density at radius 2 is 1.81 bits per heavy atom. The number of benzene rings is 2. The molecule has 3 aromatic rings. The lowest BCUT2D eigenvalue weighted by Crippen LogP contribution is -2.14. The van der Waals surface area contributed by atoms with Gasteiger partial charge in [0.2, 0.25) is 0 Å². The predicted octanol–water partition coefficient (Wildman–Crippen LogP) is 4.04. The van der Waals surface area contributed by atoms with E-state index in [2.05, 4.69) is 10.2 Å². The molecule has 1 aromatic heterocycles. The number of rotatable bonds is 7. The molecule has 5 nitrogen and oxygen atoms in total. The molecule has 2 aromatic carbocycles. The molecule has 3 rings (SSSR count). The third-order valence-electron chi connectivity index (χ3n) is 3.68. The molecule has 0 spiro atoms. The van der Waals surface area contributed by atoms with Crippen LogP contribution >= 0.6 is 11.8 Å². The molecule has 0 aliphatic rings. The zero-order valence-corrected chi connectivity index (χ0v) is 15.9. The Morgan fingerprint density at radius 1 is 1.11 bits per heavy atom. The van der Waals surface area contributed by atoms with Gasteiger partial charge in [-0.15, -0.1) is 10.2 Å². The van der Waals surface area contributed by atoms with Gasteiger partial charge in [-0.3, -0.25) is 9.36 Å². The van der Waals surface area contributed by atoms with Crippen molar-refractivity contribution in [3.8, 4) is 5.69 Å². The second kappa shape index (κ2) is 8.81. The van der Waals surface area contributed by atoms with E-state index in [9.17, 15) is 9.18 Å². The summed E-state index contributed by atoms with van der Waals surface area (Å²) in [6.07, 6.45) is 0.407. The van der Waals surface area contributed by atoms with Crippen molar-refractivity contribution in [1.29, 1.82) is 0 Å². The normalized spacial score (nSPS) is 11.0. The van der Waals surface area contributed by atoms with Crippen molar-refractivity contribution in [2.45, 2.75) is 31.5 Å². The van der Waals surface area contributed by atoms with Crippen molar-refractivity contribution in [1.82, 2.24) is 14.8 Å². The van der Waals surface area contributed by atoms with Crippen LogP contribution in [0.3, 0.4) is 0 Å². The van der Waals surface area contributed by atoms with Gasteiger partial charge in [0.1, 0.15) is 11.6 Å². The van der Waals surface area contributed by atoms with Gasteiger partial charge < -0.3 is 4.74 Å². The summed E-state index contributed by atoms with van der Waals surface area (Å²) in [7, 11) is 0. The molecule has 0 amide bonds. The van der Waals surface area contributed by atoms with Gasteiger partial charge in [0.15, 0.2) is 5.16 Å². The largest absolute Gasteiger partial charge is 0.462 e. The summed E-state index contributed by atoms with van der Waals surface area (Å²) < 4.78 is 20.4. The van der Waals surface area contributed by atoms with Crippen molar-refractivity contribution >= 4 is 17.7 Å². The van der Waals surface area contributed by atoms with Crippen molar-refractivity contribution in [2.75, 3.05) is 5.75 Å². The molecule has 0 N–H and O–H groups in total. The first kappa shape index (κ1) is 19.1. The molecule has 0 aliphatic heterocycles. The predicted molar refractivity (Wildman–Crippen MR) is 103 cm³/mol. The van der Waals surface area contributed by atoms with Crippen molar-refractivity contribution in [2.24, 2.45) is 0 Å². The molecular weight excluding hydrogens is 365 g/mol. The number of halogens is 1. The van der Waals surface area contributed by atoms with Crippen molar-refractivity contribution in [3.63, 3.8) is 0 Å². The van der Waals surface area contributed by atoms with Crippen molar-refractivity contribution in [3.05, 3.63) is 71.8 Å². The number of nitrogens with zero attached hydrogens (tertiary/aromatic N) is 3. The number of hydrogen-bond acceptors (Lipinski definition) is 5. The highest BCUT2D eigenvalue weighted by atomic mass is 32.2. The molecule has 0 saturated heterocycles. The standard InChI is InChI=1S/C20H20FN3O2S/c1-14(2)26-19(25)13-27-20-23-22-18(12-15-6-4-3-5-7-15)24(20)17-10-8-16(21)9-11-17/h3-11,14H,12-13H2,1-2H3. The Bertz CT molecular complexity index is 895. The zero-order chi connectivity index (χ0) is 19.2. The summed E-state index contributed by atoms with van der Waals surface area (Å²) in [6, 6.07) is 16.0. The van der Waals surface area contributed by atoms with Gasteiger partial charge in [-0.2, -0.15) is 0 Å². The second-order valence-corrected chi connectivity index (χ2v) is 7.14. The Hall–Kier alpha value is -2.67. The van der Waals surface area contributed by atoms with Crippen LogP contribution in [0.5, 0.6) is 0 Å². The summed E-state index contributed by atoms with van der Waals surface area (Å²) in [5.41, 5.74) is 1.83. The van der Waals surface area contributed by atoms with Crippen LogP contribution in [0.1, 0.15) is 25.2 Å². The van der Waals surface area contributed by atoms with Gasteiger partial charge in [0.25, 0.3) is 0 Å². The highest BCUT2D eigenvalue weighted by Crippen LogP contribution is 2.24. The number of thioether (sulfide) groups is 1. The molecule has 0 radical (unpaired) electrons. The molecular formula is C20H20FN3O2S. The molecule has 0 aliphatic carbocycles. The van der Waals surface area contributed by atoms with Crippen LogP contribution in [0, 0.1) is 5.82 Å². The van der Waals surface area contributed by atoms with E-state index in [1.165, 1.54) is 23.9 Å². The fourth-order valence-electron chi connectivity index (χ4n) is 2.56. The van der Waals surface area contributed by atoms with E-state index in [4.69, 9.17) is 4.74 Å². The van der Waals surface area contributed by atoms with Gasteiger partial charge in [0, 0.05) is 12.1 Å². The molecule has 0 saturated carbocycles. The first-order valence-electron chi connectivity index (χ1n) is 8.59. The third kappa shape index (κ3) is 5.17. The summed E-state index contributed by atoms with van der Waals surface area (Å²) in [4.78, 5) is 11.9. The summed E-state index contributed by atoms with van der Waals surface area (Å²) >= 11 is 1.25. The monoisotopic (exact) mass is 385 g/mol. The first-order chi connectivity index (χ1) is 13.0. The van der Waals surface area contributed by atoms with Crippen LogP contribution in [-0.4, -0.2) is 32.6 Å². The van der Waals surface area contributed by atoms with Gasteiger partial charge in [0.05, 0.1) is 11.9 Å². The quantitative estimate of drug-likeness (QED) is 0.454. The maximum atomic E-state index is 13.3. The molecule has 0 bridgehead atoms. The number of carbonyl (C=O) groups excluding carboxylic acids is 1. The molecule has 7 heteroatoms. The highest BCUT2D eigenvalue weighted by Gasteiger charge is 2.17. The van der Waals surface area contributed by atoms with Crippen LogP contribution in [-0.2, 0) is 16.0 Å². The fourth-order valence-corrected chi connectivity index (χ4v) is 3.31. The molecule has 0 unspecified atom stereocenters. The van der Waals surface area contributed by atoms with E-state index >= 15 is 0 Å². The summed E-state index contributed by atoms with van der Waals surface area (Å²) in [5.74, 6) is 0.218. The van der Waals surface area contributed by atoms with E-state index < -0.39 is 0 Å². The van der Waals surface area contributed by atoms with Crippen molar-refractivity contribution < 1.29 is 13.9 Å². The fraction of sp³-hybridized carbons (Fsp3) is 0.250. The number of ether oxygens (including phenoxy) is 1. The number of carbonyl (C=O) groups is 1. The van der Waals surface area contributed by atoms with E-state index in [1.807, 2.05) is 48.7 Å². The molecule has 0 atom stereocenters. The number of hydrogen-bond donors (Lipinski definition) is 0. The topological polar surface area (TPSA) is 57.0 Å². The highest BCUT2D eigenvalue weighted by molar-refractivity contribution is 7.99. The lowest BCUT2D eigenvalue weighted by Gasteiger charge is -2.11. The van der Waals surface area contributed by atoms with Crippen LogP contribution in [0.4, 0.5) is 4.39 Å².